The van der Waals surface area contributed by atoms with Crippen molar-refractivity contribution >= 4 is 5.95 Å². The molecule has 2 aromatic rings. The van der Waals surface area contributed by atoms with Gasteiger partial charge in [0.15, 0.2) is 0 Å². The van der Waals surface area contributed by atoms with Crippen molar-refractivity contribution in [3.05, 3.63) is 42.5 Å². The smallest absolute Gasteiger partial charge is 0.433 e. The summed E-state index contributed by atoms with van der Waals surface area (Å²) >= 11 is 0. The van der Waals surface area contributed by atoms with Crippen LogP contribution in [0.4, 0.5) is 19.1 Å². The molecule has 0 radical (unpaired) electrons. The summed E-state index contributed by atoms with van der Waals surface area (Å²) in [6.45, 7) is 1.05. The molecule has 23 heavy (non-hydrogen) atoms. The van der Waals surface area contributed by atoms with Crippen molar-refractivity contribution in [3.63, 3.8) is 0 Å². The fourth-order valence-corrected chi connectivity index (χ4v) is 2.48. The van der Waals surface area contributed by atoms with Crippen molar-refractivity contribution in [2.75, 3.05) is 18.0 Å². The number of pyridine rings is 1. The van der Waals surface area contributed by atoms with E-state index in [9.17, 15) is 13.2 Å². The first-order chi connectivity index (χ1) is 11.0. The third-order valence-corrected chi connectivity index (χ3v) is 3.53. The van der Waals surface area contributed by atoms with Gasteiger partial charge >= 0.3 is 6.18 Å². The lowest BCUT2D eigenvalue weighted by atomic mass is 10.1. The van der Waals surface area contributed by atoms with Crippen molar-refractivity contribution in [1.29, 1.82) is 0 Å². The van der Waals surface area contributed by atoms with Crippen LogP contribution in [0.5, 0.6) is 5.75 Å². The van der Waals surface area contributed by atoms with Gasteiger partial charge in [-0.1, -0.05) is 0 Å². The number of hydrogen-bond acceptors (Lipinski definition) is 5. The predicted molar refractivity (Wildman–Crippen MR) is 77.1 cm³/mol. The fourth-order valence-electron chi connectivity index (χ4n) is 2.48. The molecule has 8 heteroatoms. The molecule has 0 aromatic carbocycles. The third kappa shape index (κ3) is 3.88. The fraction of sp³-hybridized carbons (Fsp3) is 0.400. The molecule has 3 heterocycles. The average molecular weight is 324 g/mol. The van der Waals surface area contributed by atoms with Crippen molar-refractivity contribution in [2.45, 2.75) is 25.1 Å². The van der Waals surface area contributed by atoms with E-state index in [1.165, 1.54) is 0 Å². The highest BCUT2D eigenvalue weighted by Crippen LogP contribution is 2.29. The van der Waals surface area contributed by atoms with Crippen LogP contribution < -0.4 is 9.64 Å². The molecular formula is C15H15F3N4O. The van der Waals surface area contributed by atoms with Crippen LogP contribution >= 0.6 is 0 Å². The number of anilines is 1. The summed E-state index contributed by atoms with van der Waals surface area (Å²) in [5.74, 6) is 0.726. The van der Waals surface area contributed by atoms with Crippen LogP contribution in [0, 0.1) is 0 Å². The van der Waals surface area contributed by atoms with Gasteiger partial charge < -0.3 is 9.64 Å². The number of ether oxygens (including phenoxy) is 1. The molecule has 0 N–H and O–H groups in total. The molecular weight excluding hydrogens is 309 g/mol. The molecule has 1 saturated heterocycles. The van der Waals surface area contributed by atoms with Crippen LogP contribution in [0.2, 0.25) is 0 Å². The van der Waals surface area contributed by atoms with Crippen molar-refractivity contribution in [1.82, 2.24) is 15.0 Å². The van der Waals surface area contributed by atoms with E-state index in [-0.39, 0.29) is 12.1 Å². The van der Waals surface area contributed by atoms with Gasteiger partial charge in [0.25, 0.3) is 0 Å². The molecule has 2 aromatic heterocycles. The van der Waals surface area contributed by atoms with Crippen molar-refractivity contribution in [3.8, 4) is 5.75 Å². The van der Waals surface area contributed by atoms with Crippen LogP contribution in [-0.4, -0.2) is 34.1 Å². The van der Waals surface area contributed by atoms with Crippen LogP contribution in [0.1, 0.15) is 18.5 Å². The molecule has 0 amide bonds. The van der Waals surface area contributed by atoms with Crippen LogP contribution in [0.3, 0.4) is 0 Å². The molecule has 0 spiro atoms. The van der Waals surface area contributed by atoms with Gasteiger partial charge in [0.2, 0.25) is 5.95 Å². The normalized spacial score (nSPS) is 18.7. The Hall–Kier alpha value is -2.38. The monoisotopic (exact) mass is 324 g/mol. The topological polar surface area (TPSA) is 51.1 Å². The summed E-state index contributed by atoms with van der Waals surface area (Å²) in [7, 11) is 0. The van der Waals surface area contributed by atoms with E-state index in [0.717, 1.165) is 25.1 Å². The SMILES string of the molecule is FC(F)(F)c1ccnc(N2CCCC(Oc3cccnc3)C2)n1. The van der Waals surface area contributed by atoms with Gasteiger partial charge in [-0.25, -0.2) is 9.97 Å². The summed E-state index contributed by atoms with van der Waals surface area (Å²) in [6, 6.07) is 4.44. The average Bonchev–Trinajstić information content (AvgIpc) is 2.55. The van der Waals surface area contributed by atoms with Gasteiger partial charge in [-0.2, -0.15) is 13.2 Å². The molecule has 1 unspecified atom stereocenters. The molecule has 1 fully saturated rings. The Bertz CT molecular complexity index is 651. The van der Waals surface area contributed by atoms with E-state index in [2.05, 4.69) is 15.0 Å². The lowest BCUT2D eigenvalue weighted by Gasteiger charge is -2.32. The number of piperidine rings is 1. The van der Waals surface area contributed by atoms with Crippen LogP contribution in [-0.2, 0) is 6.18 Å². The molecule has 5 nitrogen and oxygen atoms in total. The lowest BCUT2D eigenvalue weighted by Crippen LogP contribution is -2.42. The Balaban J connectivity index is 1.71. The van der Waals surface area contributed by atoms with E-state index < -0.39 is 11.9 Å². The first-order valence-electron chi connectivity index (χ1n) is 7.24. The second-order valence-corrected chi connectivity index (χ2v) is 5.26. The highest BCUT2D eigenvalue weighted by molar-refractivity contribution is 5.32. The molecule has 1 atom stereocenters. The maximum atomic E-state index is 12.8. The van der Waals surface area contributed by atoms with Crippen LogP contribution in [0.25, 0.3) is 0 Å². The highest BCUT2D eigenvalue weighted by Gasteiger charge is 2.33. The molecule has 0 saturated carbocycles. The standard InChI is InChI=1S/C15H15F3N4O/c16-15(17,18)13-5-7-20-14(21-13)22-8-2-4-12(10-22)23-11-3-1-6-19-9-11/h1,3,5-7,9,12H,2,4,8,10H2. The Labute approximate surface area is 131 Å². The van der Waals surface area contributed by atoms with Crippen molar-refractivity contribution < 1.29 is 17.9 Å². The van der Waals surface area contributed by atoms with E-state index in [1.807, 2.05) is 0 Å². The summed E-state index contributed by atoms with van der Waals surface area (Å²) in [5.41, 5.74) is -0.933. The summed E-state index contributed by atoms with van der Waals surface area (Å²) < 4.78 is 44.1. The molecule has 1 aliphatic heterocycles. The Morgan fingerprint density at radius 3 is 2.83 bits per heavy atom. The maximum absolute atomic E-state index is 12.8. The molecule has 0 aliphatic carbocycles. The predicted octanol–water partition coefficient (Wildman–Crippen LogP) is 2.94. The Morgan fingerprint density at radius 2 is 2.09 bits per heavy atom. The zero-order chi connectivity index (χ0) is 16.3. The maximum Gasteiger partial charge on any atom is 0.433 e. The number of rotatable bonds is 3. The Morgan fingerprint density at radius 1 is 1.22 bits per heavy atom. The van der Waals surface area contributed by atoms with Gasteiger partial charge in [0.05, 0.1) is 12.7 Å². The summed E-state index contributed by atoms with van der Waals surface area (Å²) in [5, 5.41) is 0. The van der Waals surface area contributed by atoms with Gasteiger partial charge in [-0.15, -0.1) is 0 Å². The highest BCUT2D eigenvalue weighted by atomic mass is 19.4. The number of aromatic nitrogens is 3. The van der Waals surface area contributed by atoms with Gasteiger partial charge in [0.1, 0.15) is 17.5 Å². The molecule has 122 valence electrons. The van der Waals surface area contributed by atoms with Gasteiger partial charge in [-0.3, -0.25) is 4.98 Å². The number of halogens is 3. The number of nitrogens with zero attached hydrogens (tertiary/aromatic N) is 4. The van der Waals surface area contributed by atoms with E-state index in [1.54, 1.807) is 29.4 Å². The van der Waals surface area contributed by atoms with Gasteiger partial charge in [0, 0.05) is 18.9 Å². The van der Waals surface area contributed by atoms with Crippen molar-refractivity contribution in [2.24, 2.45) is 0 Å². The molecule has 0 bridgehead atoms. The quantitative estimate of drug-likeness (QED) is 0.869. The van der Waals surface area contributed by atoms with E-state index in [0.29, 0.717) is 18.8 Å². The second kappa shape index (κ2) is 6.39. The van der Waals surface area contributed by atoms with Crippen LogP contribution in [0.15, 0.2) is 36.8 Å². The second-order valence-electron chi connectivity index (χ2n) is 5.26. The lowest BCUT2D eigenvalue weighted by molar-refractivity contribution is -0.141. The van der Waals surface area contributed by atoms with E-state index in [4.69, 9.17) is 4.74 Å². The minimum absolute atomic E-state index is 0.0827. The summed E-state index contributed by atoms with van der Waals surface area (Å²) in [6.07, 6.45) is 1.41. The number of alkyl halides is 3. The summed E-state index contributed by atoms with van der Waals surface area (Å²) in [4.78, 5) is 13.3. The largest absolute Gasteiger partial charge is 0.487 e. The molecule has 1 aliphatic rings. The zero-order valence-electron chi connectivity index (χ0n) is 12.2. The van der Waals surface area contributed by atoms with Gasteiger partial charge in [-0.05, 0) is 31.0 Å². The third-order valence-electron chi connectivity index (χ3n) is 3.53. The minimum atomic E-state index is -4.47. The Kier molecular flexibility index (Phi) is 4.31. The van der Waals surface area contributed by atoms with E-state index >= 15 is 0 Å². The number of hydrogen-bond donors (Lipinski definition) is 0. The molecule has 3 rings (SSSR count). The zero-order valence-corrected chi connectivity index (χ0v) is 12.2. The first-order valence-corrected chi connectivity index (χ1v) is 7.24. The first kappa shape index (κ1) is 15.5. The minimum Gasteiger partial charge on any atom is -0.487 e.